The molecule has 2 aliphatic rings. The zero-order valence-corrected chi connectivity index (χ0v) is 17.2. The summed E-state index contributed by atoms with van der Waals surface area (Å²) in [5.41, 5.74) is 2.40. The van der Waals surface area contributed by atoms with Crippen LogP contribution in [0.25, 0.3) is 10.8 Å². The van der Waals surface area contributed by atoms with E-state index in [0.717, 1.165) is 23.7 Å². The average molecular weight is 417 g/mol. The molecule has 0 saturated carbocycles. The molecule has 0 spiro atoms. The van der Waals surface area contributed by atoms with E-state index in [0.29, 0.717) is 29.2 Å². The van der Waals surface area contributed by atoms with Gasteiger partial charge in [0.15, 0.2) is 0 Å². The second-order valence-corrected chi connectivity index (χ2v) is 8.18. The predicted molar refractivity (Wildman–Crippen MR) is 119 cm³/mol. The number of carbonyl (C=O) groups excluding carboxylic acids is 2. The number of hydrogen-bond acceptors (Lipinski definition) is 3. The summed E-state index contributed by atoms with van der Waals surface area (Å²) in [5, 5.41) is 2.41. The predicted octanol–water partition coefficient (Wildman–Crippen LogP) is 5.09. The highest BCUT2D eigenvalue weighted by atomic mass is 35.5. The fourth-order valence-electron chi connectivity index (χ4n) is 4.50. The molecule has 30 heavy (non-hydrogen) atoms. The minimum atomic E-state index is -0.208. The summed E-state index contributed by atoms with van der Waals surface area (Å²) in [4.78, 5) is 30.0. The summed E-state index contributed by atoms with van der Waals surface area (Å²) in [7, 11) is 0. The number of nitrogens with zero attached hydrogens (tertiary/aromatic N) is 2. The Balaban J connectivity index is 1.39. The zero-order valence-electron chi connectivity index (χ0n) is 16.4. The minimum absolute atomic E-state index is 0.206. The minimum Gasteiger partial charge on any atom is -0.291 e. The molecule has 0 N–H and O–H groups in total. The molecule has 1 atom stereocenters. The quantitative estimate of drug-likeness (QED) is 0.439. The van der Waals surface area contributed by atoms with Crippen LogP contribution in [0.1, 0.15) is 38.7 Å². The van der Waals surface area contributed by atoms with E-state index in [9.17, 15) is 9.59 Å². The highest BCUT2D eigenvalue weighted by molar-refractivity contribution is 6.30. The summed E-state index contributed by atoms with van der Waals surface area (Å²) >= 11 is 6.05. The van der Waals surface area contributed by atoms with Crippen LogP contribution >= 0.6 is 11.6 Å². The molecule has 3 aromatic rings. The lowest BCUT2D eigenvalue weighted by Crippen LogP contribution is -2.45. The van der Waals surface area contributed by atoms with Gasteiger partial charge in [0.25, 0.3) is 11.8 Å². The van der Waals surface area contributed by atoms with Crippen LogP contribution in [0.3, 0.4) is 0 Å². The van der Waals surface area contributed by atoms with Gasteiger partial charge in [-0.15, -0.1) is 0 Å². The monoisotopic (exact) mass is 416 g/mol. The molecule has 5 rings (SSSR count). The summed E-state index contributed by atoms with van der Waals surface area (Å²) < 4.78 is 0. The second kappa shape index (κ2) is 7.71. The van der Waals surface area contributed by atoms with E-state index < -0.39 is 0 Å². The number of imide groups is 1. The Morgan fingerprint density at radius 3 is 2.17 bits per heavy atom. The van der Waals surface area contributed by atoms with Crippen LogP contribution in [0.2, 0.25) is 5.02 Å². The molecule has 2 amide bonds. The van der Waals surface area contributed by atoms with Gasteiger partial charge in [-0.1, -0.05) is 60.2 Å². The Labute approximate surface area is 180 Å². The molecule has 0 radical (unpaired) electrons. The molecular formula is C25H21ClN2O2. The van der Waals surface area contributed by atoms with Crippen molar-refractivity contribution in [3.05, 3.63) is 94.5 Å². The van der Waals surface area contributed by atoms with Gasteiger partial charge in [0.2, 0.25) is 0 Å². The van der Waals surface area contributed by atoms with Gasteiger partial charge < -0.3 is 0 Å². The smallest absolute Gasteiger partial charge is 0.261 e. The van der Waals surface area contributed by atoms with E-state index in [4.69, 9.17) is 11.6 Å². The van der Waals surface area contributed by atoms with Crippen molar-refractivity contribution in [3.63, 3.8) is 0 Å². The number of amides is 2. The van der Waals surface area contributed by atoms with Crippen molar-refractivity contribution in [2.75, 3.05) is 19.6 Å². The fourth-order valence-corrected chi connectivity index (χ4v) is 4.63. The Morgan fingerprint density at radius 1 is 0.833 bits per heavy atom. The van der Waals surface area contributed by atoms with E-state index in [-0.39, 0.29) is 17.9 Å². The van der Waals surface area contributed by atoms with Gasteiger partial charge in [0, 0.05) is 47.2 Å². The Morgan fingerprint density at radius 2 is 1.50 bits per heavy atom. The first kappa shape index (κ1) is 19.0. The Kier molecular flexibility index (Phi) is 4.89. The van der Waals surface area contributed by atoms with Gasteiger partial charge in [-0.2, -0.15) is 0 Å². The lowest BCUT2D eigenvalue weighted by Gasteiger charge is -2.35. The third kappa shape index (κ3) is 3.22. The van der Waals surface area contributed by atoms with Crippen molar-refractivity contribution in [2.45, 2.75) is 12.5 Å². The summed E-state index contributed by atoms with van der Waals surface area (Å²) in [6.07, 6.45) is 5.22. The highest BCUT2D eigenvalue weighted by Crippen LogP contribution is 2.31. The molecule has 3 aromatic carbocycles. The maximum atomic E-state index is 13.1. The SMILES string of the molecule is O=C1c2cccc3cccc(c23)C(=O)N1CCN1CC=CCC1c1ccc(Cl)cc1. The van der Waals surface area contributed by atoms with Crippen molar-refractivity contribution in [1.82, 2.24) is 9.80 Å². The summed E-state index contributed by atoms with van der Waals surface area (Å²) in [5.74, 6) is -0.417. The van der Waals surface area contributed by atoms with Crippen molar-refractivity contribution in [3.8, 4) is 0 Å². The third-order valence-corrected chi connectivity index (χ3v) is 6.28. The fraction of sp³-hybridized carbons (Fsp3) is 0.200. The topological polar surface area (TPSA) is 40.6 Å². The van der Waals surface area contributed by atoms with E-state index in [1.165, 1.54) is 10.5 Å². The Hall–Kier alpha value is -2.95. The van der Waals surface area contributed by atoms with E-state index in [1.807, 2.05) is 60.7 Å². The maximum absolute atomic E-state index is 13.1. The van der Waals surface area contributed by atoms with Gasteiger partial charge in [-0.25, -0.2) is 0 Å². The number of carbonyl (C=O) groups is 2. The first-order valence-corrected chi connectivity index (χ1v) is 10.5. The molecule has 150 valence electrons. The van der Waals surface area contributed by atoms with Crippen molar-refractivity contribution in [1.29, 1.82) is 0 Å². The van der Waals surface area contributed by atoms with Crippen molar-refractivity contribution >= 4 is 34.2 Å². The van der Waals surface area contributed by atoms with Gasteiger partial charge >= 0.3 is 0 Å². The van der Waals surface area contributed by atoms with E-state index >= 15 is 0 Å². The molecule has 0 bridgehead atoms. The molecule has 0 aliphatic carbocycles. The second-order valence-electron chi connectivity index (χ2n) is 7.74. The number of hydrogen-bond donors (Lipinski definition) is 0. The first-order chi connectivity index (χ1) is 14.6. The molecule has 2 aliphatic heterocycles. The molecule has 4 nitrogen and oxygen atoms in total. The molecule has 0 saturated heterocycles. The standard InChI is InChI=1S/C25H21ClN2O2/c26-19-12-10-17(11-13-19)22-9-1-2-14-27(22)15-16-28-24(29)20-7-3-5-18-6-4-8-21(23(18)20)25(28)30/h1-8,10-13,22H,9,14-16H2. The normalized spacial score (nSPS) is 19.0. The largest absolute Gasteiger partial charge is 0.291 e. The van der Waals surface area contributed by atoms with Gasteiger partial charge in [-0.05, 0) is 41.6 Å². The van der Waals surface area contributed by atoms with Crippen LogP contribution < -0.4 is 0 Å². The van der Waals surface area contributed by atoms with Crippen molar-refractivity contribution < 1.29 is 9.59 Å². The average Bonchev–Trinajstić information content (AvgIpc) is 2.78. The van der Waals surface area contributed by atoms with Crippen LogP contribution in [-0.2, 0) is 0 Å². The lowest BCUT2D eigenvalue weighted by molar-refractivity contribution is 0.0582. The first-order valence-electron chi connectivity index (χ1n) is 10.2. The maximum Gasteiger partial charge on any atom is 0.261 e. The zero-order chi connectivity index (χ0) is 20.7. The molecular weight excluding hydrogens is 396 g/mol. The number of rotatable bonds is 4. The molecule has 0 fully saturated rings. The van der Waals surface area contributed by atoms with Crippen LogP contribution in [0.4, 0.5) is 0 Å². The Bertz CT molecular complexity index is 1120. The molecule has 0 aromatic heterocycles. The van der Waals surface area contributed by atoms with Crippen LogP contribution in [-0.4, -0.2) is 41.2 Å². The van der Waals surface area contributed by atoms with Gasteiger partial charge in [0.1, 0.15) is 0 Å². The highest BCUT2D eigenvalue weighted by Gasteiger charge is 2.33. The summed E-state index contributed by atoms with van der Waals surface area (Å²) in [6.45, 7) is 1.77. The van der Waals surface area contributed by atoms with Crippen LogP contribution in [0.15, 0.2) is 72.8 Å². The van der Waals surface area contributed by atoms with Crippen LogP contribution in [0, 0.1) is 0 Å². The van der Waals surface area contributed by atoms with Gasteiger partial charge in [-0.3, -0.25) is 19.4 Å². The number of benzene rings is 3. The molecule has 2 heterocycles. The van der Waals surface area contributed by atoms with Gasteiger partial charge in [0.05, 0.1) is 0 Å². The number of halogens is 1. The van der Waals surface area contributed by atoms with E-state index in [1.54, 1.807) is 0 Å². The summed E-state index contributed by atoms with van der Waals surface area (Å²) in [6, 6.07) is 19.4. The van der Waals surface area contributed by atoms with Crippen LogP contribution in [0.5, 0.6) is 0 Å². The third-order valence-electron chi connectivity index (χ3n) is 6.03. The van der Waals surface area contributed by atoms with E-state index in [2.05, 4.69) is 17.1 Å². The lowest BCUT2D eigenvalue weighted by atomic mass is 9.94. The molecule has 1 unspecified atom stereocenters. The molecule has 5 heteroatoms. The van der Waals surface area contributed by atoms with Crippen molar-refractivity contribution in [2.24, 2.45) is 0 Å².